The van der Waals surface area contributed by atoms with Crippen LogP contribution in [0.1, 0.15) is 40.0 Å². The lowest BCUT2D eigenvalue weighted by Crippen LogP contribution is -2.46. The number of carbonyl (C=O) groups is 1. The van der Waals surface area contributed by atoms with Gasteiger partial charge in [0.1, 0.15) is 0 Å². The molecule has 0 bridgehead atoms. The number of carbonyl (C=O) groups excluding carboxylic acids is 1. The first-order chi connectivity index (χ1) is 9.97. The van der Waals surface area contributed by atoms with Crippen LogP contribution in [-0.4, -0.2) is 50.1 Å². The maximum absolute atomic E-state index is 11.6. The predicted molar refractivity (Wildman–Crippen MR) is 99.6 cm³/mol. The zero-order chi connectivity index (χ0) is 15.5. The van der Waals surface area contributed by atoms with Gasteiger partial charge in [0.15, 0.2) is 5.96 Å². The van der Waals surface area contributed by atoms with Crippen LogP contribution >= 0.6 is 24.0 Å². The van der Waals surface area contributed by atoms with Crippen molar-refractivity contribution in [3.05, 3.63) is 0 Å². The van der Waals surface area contributed by atoms with Gasteiger partial charge in [0.2, 0.25) is 0 Å². The number of hydrogen-bond donors (Lipinski definition) is 1. The van der Waals surface area contributed by atoms with Gasteiger partial charge in [0, 0.05) is 26.2 Å². The van der Waals surface area contributed by atoms with Gasteiger partial charge < -0.3 is 15.0 Å². The van der Waals surface area contributed by atoms with Crippen molar-refractivity contribution in [2.75, 3.05) is 33.3 Å². The molecule has 0 radical (unpaired) electrons. The van der Waals surface area contributed by atoms with E-state index in [9.17, 15) is 4.79 Å². The van der Waals surface area contributed by atoms with E-state index in [1.54, 1.807) is 0 Å². The molecule has 0 aromatic rings. The van der Waals surface area contributed by atoms with Crippen molar-refractivity contribution in [3.8, 4) is 0 Å². The van der Waals surface area contributed by atoms with Crippen molar-refractivity contribution < 1.29 is 9.53 Å². The third-order valence-corrected chi connectivity index (χ3v) is 4.84. The molecule has 5 nitrogen and oxygen atoms in total. The highest BCUT2D eigenvalue weighted by Gasteiger charge is 2.45. The Kier molecular flexibility index (Phi) is 7.41. The topological polar surface area (TPSA) is 53.9 Å². The molecule has 6 heteroatoms. The van der Waals surface area contributed by atoms with Crippen LogP contribution in [0.25, 0.3) is 0 Å². The summed E-state index contributed by atoms with van der Waals surface area (Å²) in [6.45, 7) is 10.2. The van der Waals surface area contributed by atoms with Crippen LogP contribution in [0.15, 0.2) is 4.99 Å². The van der Waals surface area contributed by atoms with E-state index in [1.165, 1.54) is 13.5 Å². The number of guanidine groups is 1. The molecule has 1 saturated carbocycles. The Morgan fingerprint density at radius 2 is 1.95 bits per heavy atom. The summed E-state index contributed by atoms with van der Waals surface area (Å²) in [6, 6.07) is 0. The van der Waals surface area contributed by atoms with Gasteiger partial charge in [-0.05, 0) is 37.5 Å². The number of aliphatic imine (C=N–C) groups is 1. The standard InChI is InChI=1S/C16H29N3O2.HI/c1-5-17-15(18-11-13-10-16(13,2)3)19-8-6-12(7-9-19)14(20)21-4;/h12-13H,5-11H2,1-4H3,(H,17,18);1H. The summed E-state index contributed by atoms with van der Waals surface area (Å²) in [5, 5.41) is 3.38. The van der Waals surface area contributed by atoms with Crippen LogP contribution < -0.4 is 5.32 Å². The average molecular weight is 423 g/mol. The van der Waals surface area contributed by atoms with Gasteiger partial charge >= 0.3 is 5.97 Å². The van der Waals surface area contributed by atoms with Crippen molar-refractivity contribution in [2.45, 2.75) is 40.0 Å². The number of likely N-dealkylation sites (tertiary alicyclic amines) is 1. The van der Waals surface area contributed by atoms with Gasteiger partial charge in [-0.2, -0.15) is 0 Å². The summed E-state index contributed by atoms with van der Waals surface area (Å²) in [6.07, 6.45) is 2.98. The molecule has 128 valence electrons. The molecule has 2 fully saturated rings. The first-order valence-corrected chi connectivity index (χ1v) is 8.09. The van der Waals surface area contributed by atoms with Crippen molar-refractivity contribution in [1.29, 1.82) is 0 Å². The first kappa shape index (κ1) is 19.5. The minimum Gasteiger partial charge on any atom is -0.469 e. The van der Waals surface area contributed by atoms with E-state index in [0.717, 1.165) is 50.9 Å². The molecule has 0 spiro atoms. The second-order valence-electron chi connectivity index (χ2n) is 6.87. The molecule has 1 heterocycles. The van der Waals surface area contributed by atoms with Gasteiger partial charge in [-0.15, -0.1) is 24.0 Å². The molecule has 0 aromatic heterocycles. The summed E-state index contributed by atoms with van der Waals surface area (Å²) >= 11 is 0. The molecule has 1 aliphatic heterocycles. The van der Waals surface area contributed by atoms with E-state index in [1.807, 2.05) is 0 Å². The highest BCUT2D eigenvalue weighted by molar-refractivity contribution is 14.0. The Balaban J connectivity index is 0.00000242. The number of ether oxygens (including phenoxy) is 1. The highest BCUT2D eigenvalue weighted by Crippen LogP contribution is 2.51. The average Bonchev–Trinajstić information content (AvgIpc) is 3.10. The second kappa shape index (κ2) is 8.36. The lowest BCUT2D eigenvalue weighted by molar-refractivity contribution is -0.146. The van der Waals surface area contributed by atoms with Crippen molar-refractivity contribution >= 4 is 35.9 Å². The normalized spacial score (nSPS) is 24.5. The summed E-state index contributed by atoms with van der Waals surface area (Å²) in [4.78, 5) is 18.7. The number of piperidine rings is 1. The number of rotatable bonds is 4. The summed E-state index contributed by atoms with van der Waals surface area (Å²) in [7, 11) is 1.47. The molecule has 2 rings (SSSR count). The fourth-order valence-corrected chi connectivity index (χ4v) is 3.00. The number of hydrogen-bond acceptors (Lipinski definition) is 3. The zero-order valence-electron chi connectivity index (χ0n) is 14.2. The quantitative estimate of drug-likeness (QED) is 0.327. The number of halogens is 1. The molecule has 2 aliphatic rings. The Morgan fingerprint density at radius 3 is 2.41 bits per heavy atom. The lowest BCUT2D eigenvalue weighted by Gasteiger charge is -2.33. The summed E-state index contributed by atoms with van der Waals surface area (Å²) in [5.41, 5.74) is 0.471. The van der Waals surface area contributed by atoms with Gasteiger partial charge in [0.05, 0.1) is 13.0 Å². The van der Waals surface area contributed by atoms with E-state index in [-0.39, 0.29) is 35.9 Å². The summed E-state index contributed by atoms with van der Waals surface area (Å²) in [5.74, 6) is 1.70. The monoisotopic (exact) mass is 423 g/mol. The molecule has 1 atom stereocenters. The van der Waals surface area contributed by atoms with E-state index < -0.39 is 0 Å². The van der Waals surface area contributed by atoms with E-state index in [0.29, 0.717) is 5.41 Å². The minimum atomic E-state index is -0.0729. The third-order valence-electron chi connectivity index (χ3n) is 4.84. The molecule has 0 amide bonds. The van der Waals surface area contributed by atoms with Crippen LogP contribution in [0, 0.1) is 17.3 Å². The molecule has 22 heavy (non-hydrogen) atoms. The Morgan fingerprint density at radius 1 is 1.36 bits per heavy atom. The minimum absolute atomic E-state index is 0. The van der Waals surface area contributed by atoms with Crippen LogP contribution in [0.2, 0.25) is 0 Å². The predicted octanol–water partition coefficient (Wildman–Crippen LogP) is 2.50. The molecule has 0 aromatic carbocycles. The van der Waals surface area contributed by atoms with Gasteiger partial charge in [-0.1, -0.05) is 13.8 Å². The number of nitrogens with one attached hydrogen (secondary N) is 1. The van der Waals surface area contributed by atoms with E-state index in [4.69, 9.17) is 9.73 Å². The molecule has 1 saturated heterocycles. The van der Waals surface area contributed by atoms with Gasteiger partial charge in [-0.3, -0.25) is 9.79 Å². The van der Waals surface area contributed by atoms with Crippen LogP contribution in [0.3, 0.4) is 0 Å². The highest BCUT2D eigenvalue weighted by atomic mass is 127. The number of methoxy groups -OCH3 is 1. The van der Waals surface area contributed by atoms with Crippen LogP contribution in [0.5, 0.6) is 0 Å². The van der Waals surface area contributed by atoms with Gasteiger partial charge in [-0.25, -0.2) is 0 Å². The maximum atomic E-state index is 11.6. The molecule has 1 unspecified atom stereocenters. The number of esters is 1. The SMILES string of the molecule is CCNC(=NCC1CC1(C)C)N1CCC(C(=O)OC)CC1.I. The molecule has 1 N–H and O–H groups in total. The van der Waals surface area contributed by atoms with Crippen LogP contribution in [0.4, 0.5) is 0 Å². The van der Waals surface area contributed by atoms with Crippen LogP contribution in [-0.2, 0) is 9.53 Å². The largest absolute Gasteiger partial charge is 0.469 e. The van der Waals surface area contributed by atoms with Crippen molar-refractivity contribution in [2.24, 2.45) is 22.2 Å². The maximum Gasteiger partial charge on any atom is 0.308 e. The Labute approximate surface area is 151 Å². The Bertz CT molecular complexity index is 404. The molecule has 1 aliphatic carbocycles. The first-order valence-electron chi connectivity index (χ1n) is 8.09. The van der Waals surface area contributed by atoms with Crippen molar-refractivity contribution in [3.63, 3.8) is 0 Å². The van der Waals surface area contributed by atoms with Gasteiger partial charge in [0.25, 0.3) is 0 Å². The third kappa shape index (κ3) is 4.99. The fourth-order valence-electron chi connectivity index (χ4n) is 3.00. The Hall–Kier alpha value is -0.530. The van der Waals surface area contributed by atoms with E-state index in [2.05, 4.69) is 31.0 Å². The lowest BCUT2D eigenvalue weighted by atomic mass is 9.97. The number of nitrogens with zero attached hydrogens (tertiary/aromatic N) is 2. The van der Waals surface area contributed by atoms with E-state index >= 15 is 0 Å². The van der Waals surface area contributed by atoms with Crippen molar-refractivity contribution in [1.82, 2.24) is 10.2 Å². The molecular formula is C16H30IN3O2. The molecular weight excluding hydrogens is 393 g/mol. The fraction of sp³-hybridized carbons (Fsp3) is 0.875. The zero-order valence-corrected chi connectivity index (χ0v) is 16.6. The summed E-state index contributed by atoms with van der Waals surface area (Å²) < 4.78 is 4.84. The second-order valence-corrected chi connectivity index (χ2v) is 6.87. The smallest absolute Gasteiger partial charge is 0.308 e.